The van der Waals surface area contributed by atoms with Gasteiger partial charge in [0.2, 0.25) is 0 Å². The molecule has 0 N–H and O–H groups in total. The molecule has 3 heterocycles. The van der Waals surface area contributed by atoms with Crippen LogP contribution in [0, 0.1) is 0 Å². The van der Waals surface area contributed by atoms with Gasteiger partial charge in [-0.1, -0.05) is 66.7 Å². The lowest BCUT2D eigenvalue weighted by molar-refractivity contribution is 1.17. The lowest BCUT2D eigenvalue weighted by Crippen LogP contribution is -1.94. The second-order valence-electron chi connectivity index (χ2n) is 9.10. The Hall–Kier alpha value is -4.76. The number of rotatable bonds is 2. The molecule has 0 atom stereocenters. The molecule has 8 rings (SSSR count). The highest BCUT2D eigenvalue weighted by molar-refractivity contribution is 6.18. The maximum atomic E-state index is 4.35. The van der Waals surface area contributed by atoms with E-state index in [1.807, 2.05) is 24.8 Å². The fraction of sp³-hybridized carbons (Fsp3) is 0. The first-order valence-electron chi connectivity index (χ1n) is 11.8. The molecule has 0 amide bonds. The highest BCUT2D eigenvalue weighted by Gasteiger charge is 2.22. The third kappa shape index (κ3) is 2.50. The van der Waals surface area contributed by atoms with Crippen LogP contribution in [0.3, 0.4) is 0 Å². The lowest BCUT2D eigenvalue weighted by Gasteiger charge is -2.12. The highest BCUT2D eigenvalue weighted by Crippen LogP contribution is 2.49. The Morgan fingerprint density at radius 2 is 1.06 bits per heavy atom. The molecule has 3 nitrogen and oxygen atoms in total. The fourth-order valence-electron chi connectivity index (χ4n) is 5.84. The van der Waals surface area contributed by atoms with Gasteiger partial charge in [0.25, 0.3) is 0 Å². The second-order valence-corrected chi connectivity index (χ2v) is 9.10. The summed E-state index contributed by atoms with van der Waals surface area (Å²) in [7, 11) is 0. The van der Waals surface area contributed by atoms with Crippen molar-refractivity contribution in [3.05, 3.63) is 116 Å². The highest BCUT2D eigenvalue weighted by atomic mass is 15.0. The molecule has 162 valence electrons. The van der Waals surface area contributed by atoms with Crippen molar-refractivity contribution in [2.75, 3.05) is 0 Å². The van der Waals surface area contributed by atoms with Crippen molar-refractivity contribution < 1.29 is 0 Å². The maximum absolute atomic E-state index is 4.35. The van der Waals surface area contributed by atoms with Crippen LogP contribution in [0.25, 0.3) is 71.6 Å². The van der Waals surface area contributed by atoms with Gasteiger partial charge in [-0.2, -0.15) is 0 Å². The number of hydrogen-bond acceptors (Lipinski definition) is 2. The zero-order chi connectivity index (χ0) is 22.9. The van der Waals surface area contributed by atoms with Gasteiger partial charge in [-0.15, -0.1) is 0 Å². The lowest BCUT2D eigenvalue weighted by atomic mass is 9.94. The number of hydrogen-bond donors (Lipinski definition) is 0. The first-order chi connectivity index (χ1) is 17.4. The Balaban J connectivity index is 1.31. The molecule has 1 aliphatic rings. The van der Waals surface area contributed by atoms with Crippen molar-refractivity contribution >= 4 is 32.6 Å². The van der Waals surface area contributed by atoms with Crippen molar-refractivity contribution in [2.45, 2.75) is 0 Å². The summed E-state index contributed by atoms with van der Waals surface area (Å²) < 4.78 is 2.29. The van der Waals surface area contributed by atoms with Gasteiger partial charge in [0, 0.05) is 41.2 Å². The third-order valence-electron chi connectivity index (χ3n) is 7.35. The van der Waals surface area contributed by atoms with E-state index in [1.54, 1.807) is 0 Å². The average Bonchev–Trinajstić information content (AvgIpc) is 3.44. The number of aromatic nitrogens is 3. The largest absolute Gasteiger partial charge is 0.309 e. The van der Waals surface area contributed by atoms with Crippen molar-refractivity contribution in [1.82, 2.24) is 14.5 Å². The summed E-state index contributed by atoms with van der Waals surface area (Å²) in [4.78, 5) is 8.69. The topological polar surface area (TPSA) is 30.7 Å². The molecule has 0 unspecified atom stereocenters. The Kier molecular flexibility index (Phi) is 3.66. The SMILES string of the molecule is c1ccc2c(c1)-c1cccc3c(-c4ccc(-n5c6ccncc6c6cnccc65)cc4)ccc-2c13. The van der Waals surface area contributed by atoms with Crippen LogP contribution >= 0.6 is 0 Å². The minimum Gasteiger partial charge on any atom is -0.309 e. The quantitative estimate of drug-likeness (QED) is 0.269. The summed E-state index contributed by atoms with van der Waals surface area (Å²) in [6.07, 6.45) is 7.55. The van der Waals surface area contributed by atoms with Crippen LogP contribution in [0.5, 0.6) is 0 Å². The normalized spacial score (nSPS) is 12.0. The van der Waals surface area contributed by atoms with Crippen molar-refractivity contribution in [3.8, 4) is 39.1 Å². The molecule has 0 fully saturated rings. The van der Waals surface area contributed by atoms with E-state index >= 15 is 0 Å². The molecule has 0 saturated heterocycles. The summed E-state index contributed by atoms with van der Waals surface area (Å²) >= 11 is 0. The van der Waals surface area contributed by atoms with Crippen LogP contribution in [0.1, 0.15) is 0 Å². The maximum Gasteiger partial charge on any atom is 0.0572 e. The monoisotopic (exact) mass is 445 g/mol. The van der Waals surface area contributed by atoms with E-state index in [9.17, 15) is 0 Å². The van der Waals surface area contributed by atoms with Gasteiger partial charge in [0.05, 0.1) is 11.0 Å². The zero-order valence-corrected chi connectivity index (χ0v) is 18.8. The predicted octanol–water partition coefficient (Wildman–Crippen LogP) is 8.04. The summed E-state index contributed by atoms with van der Waals surface area (Å²) in [5, 5.41) is 4.90. The molecule has 7 aromatic rings. The fourth-order valence-corrected chi connectivity index (χ4v) is 5.84. The molecule has 3 heteroatoms. The predicted molar refractivity (Wildman–Crippen MR) is 144 cm³/mol. The molecular weight excluding hydrogens is 426 g/mol. The average molecular weight is 446 g/mol. The Morgan fingerprint density at radius 1 is 0.457 bits per heavy atom. The van der Waals surface area contributed by atoms with E-state index in [-0.39, 0.29) is 0 Å². The second kappa shape index (κ2) is 6.87. The van der Waals surface area contributed by atoms with E-state index in [0.717, 1.165) is 27.5 Å². The van der Waals surface area contributed by atoms with Crippen molar-refractivity contribution in [3.63, 3.8) is 0 Å². The van der Waals surface area contributed by atoms with Crippen LogP contribution in [-0.4, -0.2) is 14.5 Å². The molecule has 35 heavy (non-hydrogen) atoms. The van der Waals surface area contributed by atoms with E-state index in [0.29, 0.717) is 0 Å². The molecular formula is C32H19N3. The Bertz CT molecular complexity index is 1860. The van der Waals surface area contributed by atoms with Gasteiger partial charge in [-0.25, -0.2) is 0 Å². The summed E-state index contributed by atoms with van der Waals surface area (Å²) in [6.45, 7) is 0. The van der Waals surface area contributed by atoms with Crippen LogP contribution < -0.4 is 0 Å². The summed E-state index contributed by atoms with van der Waals surface area (Å²) in [5.74, 6) is 0. The number of benzene rings is 4. The van der Waals surface area contributed by atoms with Gasteiger partial charge in [-0.05, 0) is 68.4 Å². The van der Waals surface area contributed by atoms with Crippen LogP contribution in [-0.2, 0) is 0 Å². The molecule has 0 radical (unpaired) electrons. The molecule has 0 saturated carbocycles. The first kappa shape index (κ1) is 18.6. The van der Waals surface area contributed by atoms with Crippen LogP contribution in [0.15, 0.2) is 116 Å². The Labute approximate surface area is 202 Å². The molecule has 0 aliphatic heterocycles. The van der Waals surface area contributed by atoms with Crippen LogP contribution in [0.2, 0.25) is 0 Å². The minimum absolute atomic E-state index is 1.12. The van der Waals surface area contributed by atoms with Gasteiger partial charge in [0.15, 0.2) is 0 Å². The standard InChI is InChI=1S/C32H19N3/c1-2-5-24-23(4-1)26-7-3-6-25-22(12-13-27(24)32(25)26)20-8-10-21(11-9-20)35-30-14-16-33-18-28(30)29-19-34-17-15-31(29)35/h1-19H. The third-order valence-corrected chi connectivity index (χ3v) is 7.35. The minimum atomic E-state index is 1.12. The zero-order valence-electron chi connectivity index (χ0n) is 18.8. The van der Waals surface area contributed by atoms with Crippen molar-refractivity contribution in [1.29, 1.82) is 0 Å². The summed E-state index contributed by atoms with van der Waals surface area (Å²) in [6, 6.07) is 33.0. The van der Waals surface area contributed by atoms with E-state index in [2.05, 4.69) is 106 Å². The van der Waals surface area contributed by atoms with E-state index < -0.39 is 0 Å². The van der Waals surface area contributed by atoms with E-state index in [4.69, 9.17) is 0 Å². The molecule has 0 bridgehead atoms. The van der Waals surface area contributed by atoms with Gasteiger partial charge < -0.3 is 4.57 Å². The number of nitrogens with zero attached hydrogens (tertiary/aromatic N) is 3. The van der Waals surface area contributed by atoms with Gasteiger partial charge >= 0.3 is 0 Å². The number of pyridine rings is 2. The first-order valence-corrected chi connectivity index (χ1v) is 11.8. The van der Waals surface area contributed by atoms with Gasteiger partial charge in [-0.3, -0.25) is 9.97 Å². The summed E-state index contributed by atoms with van der Waals surface area (Å²) in [5.41, 5.74) is 11.2. The van der Waals surface area contributed by atoms with Crippen LogP contribution in [0.4, 0.5) is 0 Å². The molecule has 0 spiro atoms. The molecule has 1 aliphatic carbocycles. The Morgan fingerprint density at radius 3 is 1.74 bits per heavy atom. The molecule has 3 aromatic heterocycles. The van der Waals surface area contributed by atoms with E-state index in [1.165, 1.54) is 44.2 Å². The molecule has 4 aromatic carbocycles. The number of fused-ring (bicyclic) bond motifs is 6. The smallest absolute Gasteiger partial charge is 0.0572 e. The van der Waals surface area contributed by atoms with Crippen molar-refractivity contribution in [2.24, 2.45) is 0 Å². The van der Waals surface area contributed by atoms with Gasteiger partial charge in [0.1, 0.15) is 0 Å².